The molecule has 3 aliphatic rings. The van der Waals surface area contributed by atoms with Gasteiger partial charge in [0.1, 0.15) is 46.8 Å². The number of aromatic nitrogens is 4. The number of anilines is 1. The fourth-order valence-corrected chi connectivity index (χ4v) is 11.3. The maximum atomic E-state index is 14.8. The molecule has 3 aromatic heterocycles. The number of likely N-dealkylation sites (tertiary alicyclic amines) is 1. The number of amides is 3. The highest BCUT2D eigenvalue weighted by atomic mass is 32.1. The molecule has 1 aromatic carbocycles. The average molecular weight is 863 g/mol. The molecule has 18 heteroatoms. The number of methoxy groups -OCH3 is 1. The zero-order chi connectivity index (χ0) is 43.0. The van der Waals surface area contributed by atoms with Gasteiger partial charge in [-0.05, 0) is 69.6 Å². The van der Waals surface area contributed by atoms with Crippen LogP contribution in [-0.2, 0) is 25.1 Å². The van der Waals surface area contributed by atoms with Gasteiger partial charge < -0.3 is 40.0 Å². The van der Waals surface area contributed by atoms with Crippen molar-refractivity contribution in [2.24, 2.45) is 11.3 Å². The Bertz CT molecular complexity index is 2270. The van der Waals surface area contributed by atoms with E-state index in [4.69, 9.17) is 24.2 Å². The second kappa shape index (κ2) is 17.2. The molecule has 16 nitrogen and oxygen atoms in total. The molecule has 5 N–H and O–H groups in total. The van der Waals surface area contributed by atoms with E-state index in [0.717, 1.165) is 30.8 Å². The molecule has 322 valence electrons. The number of pyridine rings is 1. The van der Waals surface area contributed by atoms with E-state index in [1.54, 1.807) is 37.5 Å². The Balaban J connectivity index is 1.22. The third-order valence-corrected chi connectivity index (χ3v) is 14.8. The van der Waals surface area contributed by atoms with Crippen molar-refractivity contribution in [2.75, 3.05) is 19.0 Å². The molecule has 60 heavy (non-hydrogen) atoms. The van der Waals surface area contributed by atoms with Crippen molar-refractivity contribution in [3.63, 3.8) is 0 Å². The monoisotopic (exact) mass is 862 g/mol. The smallest absolute Gasteiger partial charge is 0.408 e. The number of carbonyl (C=O) groups is 3. The molecule has 7 rings (SSSR count). The maximum absolute atomic E-state index is 14.8. The molecule has 6 atom stereocenters. The van der Waals surface area contributed by atoms with Crippen LogP contribution in [0.25, 0.3) is 22.3 Å². The van der Waals surface area contributed by atoms with Crippen LogP contribution < -0.4 is 25.4 Å². The van der Waals surface area contributed by atoms with Gasteiger partial charge in [-0.15, -0.1) is 17.9 Å². The minimum atomic E-state index is -4.12. The third-order valence-electron chi connectivity index (χ3n) is 11.4. The number of H-pyrrole nitrogens is 1. The number of alkyl carbamates (subject to hydrolysis) is 1. The van der Waals surface area contributed by atoms with Crippen molar-refractivity contribution in [3.8, 4) is 22.9 Å². The highest BCUT2D eigenvalue weighted by Gasteiger charge is 2.66. The second-order valence-electron chi connectivity index (χ2n) is 17.4. The van der Waals surface area contributed by atoms with Gasteiger partial charge in [-0.2, -0.15) is 5.10 Å². The van der Waals surface area contributed by atoms with Crippen molar-refractivity contribution < 1.29 is 38.1 Å². The number of thiazole rings is 1. The van der Waals surface area contributed by atoms with E-state index in [-0.39, 0.29) is 37.7 Å². The summed E-state index contributed by atoms with van der Waals surface area (Å²) in [5.41, 5.74) is 1.43. The number of benzene rings is 1. The Morgan fingerprint density at radius 2 is 1.90 bits per heavy atom. The zero-order valence-electron chi connectivity index (χ0n) is 34.9. The van der Waals surface area contributed by atoms with Crippen LogP contribution in [0.3, 0.4) is 0 Å². The average Bonchev–Trinajstić information content (AvgIpc) is 3.81. The molecule has 2 aliphatic carbocycles. The van der Waals surface area contributed by atoms with Crippen molar-refractivity contribution in [1.29, 1.82) is 0 Å². The van der Waals surface area contributed by atoms with E-state index in [2.05, 4.69) is 32.7 Å². The predicted octanol–water partition coefficient (Wildman–Crippen LogP) is 6.83. The van der Waals surface area contributed by atoms with Crippen LogP contribution in [0, 0.1) is 11.3 Å². The number of hydrogen-bond acceptors (Lipinski definition) is 12. The Morgan fingerprint density at radius 1 is 1.13 bits per heavy atom. The van der Waals surface area contributed by atoms with Gasteiger partial charge in [0, 0.05) is 53.2 Å². The number of nitrogens with one attached hydrogen (secondary N) is 4. The Hall–Kier alpha value is -4.99. The number of hydrogen-bond donors (Lipinski definition) is 5. The third kappa shape index (κ3) is 9.18. The normalized spacial score (nSPS) is 23.2. The zero-order valence-corrected chi connectivity index (χ0v) is 36.6. The highest BCUT2D eigenvalue weighted by Crippen LogP contribution is 2.70. The van der Waals surface area contributed by atoms with Crippen molar-refractivity contribution in [1.82, 2.24) is 35.7 Å². The molecule has 0 radical (unpaired) electrons. The van der Waals surface area contributed by atoms with Crippen LogP contribution in [0.15, 0.2) is 54.6 Å². The van der Waals surface area contributed by atoms with Gasteiger partial charge in [-0.25, -0.2) is 14.8 Å². The Labute approximate surface area is 353 Å². The molecule has 4 aromatic rings. The summed E-state index contributed by atoms with van der Waals surface area (Å²) < 4.78 is 32.1. The van der Waals surface area contributed by atoms with E-state index in [0.29, 0.717) is 39.5 Å². The van der Waals surface area contributed by atoms with E-state index in [1.165, 1.54) is 22.4 Å². The van der Waals surface area contributed by atoms with Gasteiger partial charge in [0.05, 0.1) is 31.0 Å². The molecule has 2 saturated carbocycles. The SMILES string of the molecule is C=C[C@@H]1C[C@]1(NC(=O)[C@@H]1C[C@@H](Oc2cc(-c3csc(NC(C)C)n3)nc3cc(OC)ccc23)CN1C(=O)C(NC(=O)OC1CCCC1)C(C)(C)C)P(=O)(O)Cc1ccn[nH]1. The number of fused-ring (bicyclic) bond motifs is 1. The van der Waals surface area contributed by atoms with Gasteiger partial charge in [-0.1, -0.05) is 26.8 Å². The number of aromatic amines is 1. The van der Waals surface area contributed by atoms with Crippen LogP contribution in [0.5, 0.6) is 11.5 Å². The van der Waals surface area contributed by atoms with E-state index in [1.807, 2.05) is 46.1 Å². The van der Waals surface area contributed by atoms with Crippen LogP contribution in [0.4, 0.5) is 9.93 Å². The summed E-state index contributed by atoms with van der Waals surface area (Å²) >= 11 is 1.46. The lowest BCUT2D eigenvalue weighted by Crippen LogP contribution is -2.58. The fourth-order valence-electron chi connectivity index (χ4n) is 8.14. The van der Waals surface area contributed by atoms with Gasteiger partial charge in [0.15, 0.2) is 5.13 Å². The summed E-state index contributed by atoms with van der Waals surface area (Å²) in [6, 6.07) is 6.82. The second-order valence-corrected chi connectivity index (χ2v) is 20.7. The lowest BCUT2D eigenvalue weighted by atomic mass is 9.85. The lowest BCUT2D eigenvalue weighted by Gasteiger charge is -2.36. The molecule has 4 heterocycles. The topological polar surface area (TPSA) is 210 Å². The molecule has 3 fully saturated rings. The largest absolute Gasteiger partial charge is 0.497 e. The quantitative estimate of drug-likeness (QED) is 0.0615. The molecule has 0 bridgehead atoms. The van der Waals surface area contributed by atoms with E-state index >= 15 is 0 Å². The number of carbonyl (C=O) groups excluding carboxylic acids is 3. The molecule has 1 aliphatic heterocycles. The van der Waals surface area contributed by atoms with Crippen LogP contribution in [0.2, 0.25) is 0 Å². The summed E-state index contributed by atoms with van der Waals surface area (Å²) in [5, 5.41) is 17.6. The van der Waals surface area contributed by atoms with Crippen LogP contribution in [-0.4, -0.2) is 97.1 Å². The first kappa shape index (κ1) is 43.1. The summed E-state index contributed by atoms with van der Waals surface area (Å²) in [4.78, 5) is 65.4. The maximum Gasteiger partial charge on any atom is 0.408 e. The first-order valence-corrected chi connectivity index (χ1v) is 23.1. The Kier molecular flexibility index (Phi) is 12.3. The minimum Gasteiger partial charge on any atom is -0.497 e. The molecule has 0 spiro atoms. The molecule has 2 unspecified atom stereocenters. The lowest BCUT2D eigenvalue weighted by molar-refractivity contribution is -0.142. The highest BCUT2D eigenvalue weighted by molar-refractivity contribution is 7.59. The van der Waals surface area contributed by atoms with Gasteiger partial charge in [0.25, 0.3) is 0 Å². The predicted molar refractivity (Wildman–Crippen MR) is 229 cm³/mol. The fraction of sp³-hybridized carbons (Fsp3) is 0.524. The molecular formula is C42H55N8O8PS. The first-order valence-electron chi connectivity index (χ1n) is 20.4. The van der Waals surface area contributed by atoms with Gasteiger partial charge in [-0.3, -0.25) is 19.3 Å². The van der Waals surface area contributed by atoms with Crippen molar-refractivity contribution >= 4 is 52.6 Å². The van der Waals surface area contributed by atoms with E-state index in [9.17, 15) is 23.8 Å². The summed E-state index contributed by atoms with van der Waals surface area (Å²) in [7, 11) is -2.54. The van der Waals surface area contributed by atoms with Crippen LogP contribution >= 0.6 is 18.7 Å². The summed E-state index contributed by atoms with van der Waals surface area (Å²) in [6.07, 6.45) is 4.85. The summed E-state index contributed by atoms with van der Waals surface area (Å²) in [5.74, 6) is -0.549. The molecule has 3 amide bonds. The minimum absolute atomic E-state index is 0.0276. The van der Waals surface area contributed by atoms with Crippen molar-refractivity contribution in [3.05, 3.63) is 60.3 Å². The number of ether oxygens (including phenoxy) is 3. The molecular weight excluding hydrogens is 808 g/mol. The number of rotatable bonds is 15. The van der Waals surface area contributed by atoms with Crippen molar-refractivity contribution in [2.45, 2.75) is 115 Å². The Morgan fingerprint density at radius 3 is 2.55 bits per heavy atom. The van der Waals surface area contributed by atoms with Crippen LogP contribution in [0.1, 0.15) is 78.8 Å². The van der Waals surface area contributed by atoms with E-state index < -0.39 is 60.1 Å². The summed E-state index contributed by atoms with van der Waals surface area (Å²) in [6.45, 7) is 13.4. The standard InChI is InChI=1S/C42H55N8O8PS/c1-8-25-20-42(25,59(54,55)22-26-15-16-43-49-26)48-37(51)34-18-29(21-50(34)38(52)36(41(4,5)6)47-40(53)58-27-11-9-10-12-27)57-35-19-32(33-23-60-39(46-33)44-24(2)3)45-31-17-28(56-7)13-14-30(31)35/h8,13-17,19,23-25,27,29,34,36H,1,9-12,18,20-22H2,2-7H3,(H,43,49)(H,44,46)(H,47,53)(H,48,51)(H,54,55)/t25-,29-,34+,36?,42+/m1/s1. The molecule has 1 saturated heterocycles. The number of nitrogens with zero attached hydrogens (tertiary/aromatic N) is 4. The van der Waals surface area contributed by atoms with Gasteiger partial charge in [0.2, 0.25) is 19.2 Å². The first-order chi connectivity index (χ1) is 28.5. The van der Waals surface area contributed by atoms with Gasteiger partial charge >= 0.3 is 6.09 Å².